The van der Waals surface area contributed by atoms with Gasteiger partial charge in [-0.05, 0) is 36.6 Å². The molecule has 124 valence electrons. The number of sulfonamides is 1. The smallest absolute Gasteiger partial charge is 0.252 e. The SMILES string of the molecule is CCc1ccc(S(=O)(=O)N2CCOC(c3ccccc3C)C2)s1. The molecule has 1 unspecified atom stereocenters. The maximum Gasteiger partial charge on any atom is 0.252 e. The Kier molecular flexibility index (Phi) is 4.87. The number of hydrogen-bond acceptors (Lipinski definition) is 4. The average molecular weight is 351 g/mol. The van der Waals surface area contributed by atoms with Crippen molar-refractivity contribution in [1.29, 1.82) is 0 Å². The molecule has 23 heavy (non-hydrogen) atoms. The van der Waals surface area contributed by atoms with Crippen molar-refractivity contribution >= 4 is 21.4 Å². The van der Waals surface area contributed by atoms with Gasteiger partial charge in [0.05, 0.1) is 12.7 Å². The fourth-order valence-electron chi connectivity index (χ4n) is 2.79. The molecular weight excluding hydrogens is 330 g/mol. The van der Waals surface area contributed by atoms with Gasteiger partial charge in [0.25, 0.3) is 10.0 Å². The Labute approximate surface area is 141 Å². The average Bonchev–Trinajstić information content (AvgIpc) is 3.05. The van der Waals surface area contributed by atoms with Crippen LogP contribution in [-0.4, -0.2) is 32.4 Å². The Morgan fingerprint density at radius 3 is 2.74 bits per heavy atom. The Morgan fingerprint density at radius 1 is 1.26 bits per heavy atom. The fraction of sp³-hybridized carbons (Fsp3) is 0.412. The maximum absolute atomic E-state index is 12.9. The lowest BCUT2D eigenvalue weighted by molar-refractivity contribution is -0.00283. The number of ether oxygens (including phenoxy) is 1. The second-order valence-electron chi connectivity index (χ2n) is 5.65. The van der Waals surface area contributed by atoms with E-state index in [0.717, 1.165) is 22.4 Å². The van der Waals surface area contributed by atoms with Crippen LogP contribution in [0.3, 0.4) is 0 Å². The summed E-state index contributed by atoms with van der Waals surface area (Å²) in [6.45, 7) is 5.25. The molecule has 2 heterocycles. The summed E-state index contributed by atoms with van der Waals surface area (Å²) < 4.78 is 33.5. The molecule has 0 bridgehead atoms. The number of hydrogen-bond donors (Lipinski definition) is 0. The molecule has 4 nitrogen and oxygen atoms in total. The van der Waals surface area contributed by atoms with Crippen LogP contribution in [0.2, 0.25) is 0 Å². The number of nitrogens with zero attached hydrogens (tertiary/aromatic N) is 1. The molecule has 1 aromatic heterocycles. The van der Waals surface area contributed by atoms with Crippen molar-refractivity contribution in [3.63, 3.8) is 0 Å². The van der Waals surface area contributed by atoms with Gasteiger partial charge in [-0.2, -0.15) is 4.31 Å². The standard InChI is InChI=1S/C17H21NO3S2/c1-3-14-8-9-17(22-14)23(19,20)18-10-11-21-16(12-18)15-7-5-4-6-13(15)2/h4-9,16H,3,10-12H2,1-2H3. The predicted octanol–water partition coefficient (Wildman–Crippen LogP) is 3.38. The second kappa shape index (κ2) is 6.73. The van der Waals surface area contributed by atoms with Gasteiger partial charge in [0.2, 0.25) is 0 Å². The predicted molar refractivity (Wildman–Crippen MR) is 92.3 cm³/mol. The first-order valence-corrected chi connectivity index (χ1v) is 10.0. The lowest BCUT2D eigenvalue weighted by atomic mass is 10.0. The molecule has 1 atom stereocenters. The van der Waals surface area contributed by atoms with Crippen molar-refractivity contribution in [2.24, 2.45) is 0 Å². The van der Waals surface area contributed by atoms with Crippen LogP contribution >= 0.6 is 11.3 Å². The Bertz CT molecular complexity index is 783. The highest BCUT2D eigenvalue weighted by molar-refractivity contribution is 7.91. The third-order valence-electron chi connectivity index (χ3n) is 4.14. The number of thiophene rings is 1. The molecule has 1 aromatic carbocycles. The molecule has 0 radical (unpaired) electrons. The summed E-state index contributed by atoms with van der Waals surface area (Å²) >= 11 is 1.36. The van der Waals surface area contributed by atoms with Crippen molar-refractivity contribution in [3.8, 4) is 0 Å². The Balaban J connectivity index is 1.84. The molecule has 0 amide bonds. The summed E-state index contributed by atoms with van der Waals surface area (Å²) in [6, 6.07) is 11.6. The van der Waals surface area contributed by atoms with E-state index in [1.54, 1.807) is 10.4 Å². The van der Waals surface area contributed by atoms with E-state index in [2.05, 4.69) is 0 Å². The topological polar surface area (TPSA) is 46.6 Å². The molecule has 1 saturated heterocycles. The van der Waals surface area contributed by atoms with Crippen molar-refractivity contribution in [3.05, 3.63) is 52.4 Å². The number of benzene rings is 1. The number of rotatable bonds is 4. The highest BCUT2D eigenvalue weighted by Crippen LogP contribution is 2.30. The first-order chi connectivity index (χ1) is 11.0. The van der Waals surface area contributed by atoms with Gasteiger partial charge in [-0.25, -0.2) is 8.42 Å². The summed E-state index contributed by atoms with van der Waals surface area (Å²) in [6.07, 6.45) is 0.653. The summed E-state index contributed by atoms with van der Waals surface area (Å²) in [5.41, 5.74) is 2.19. The summed E-state index contributed by atoms with van der Waals surface area (Å²) in [4.78, 5) is 1.09. The molecular formula is C17H21NO3S2. The quantitative estimate of drug-likeness (QED) is 0.848. The van der Waals surface area contributed by atoms with Crippen LogP contribution in [0.15, 0.2) is 40.6 Å². The van der Waals surface area contributed by atoms with Crippen LogP contribution in [0, 0.1) is 6.92 Å². The largest absolute Gasteiger partial charge is 0.371 e. The van der Waals surface area contributed by atoms with E-state index in [-0.39, 0.29) is 6.10 Å². The zero-order chi connectivity index (χ0) is 16.4. The van der Waals surface area contributed by atoms with E-state index in [1.807, 2.05) is 44.2 Å². The summed E-state index contributed by atoms with van der Waals surface area (Å²) in [7, 11) is -3.43. The second-order valence-corrected chi connectivity index (χ2v) is 8.99. The molecule has 0 aliphatic carbocycles. The van der Waals surface area contributed by atoms with Gasteiger partial charge >= 0.3 is 0 Å². The van der Waals surface area contributed by atoms with Gasteiger partial charge in [-0.15, -0.1) is 11.3 Å². The molecule has 1 aliphatic rings. The van der Waals surface area contributed by atoms with Crippen LogP contribution in [0.25, 0.3) is 0 Å². The van der Waals surface area contributed by atoms with Crippen LogP contribution < -0.4 is 0 Å². The molecule has 1 fully saturated rings. The van der Waals surface area contributed by atoms with Crippen LogP contribution in [0.4, 0.5) is 0 Å². The monoisotopic (exact) mass is 351 g/mol. The Hall–Kier alpha value is -1.21. The van der Waals surface area contributed by atoms with E-state index in [4.69, 9.17) is 4.74 Å². The highest BCUT2D eigenvalue weighted by Gasteiger charge is 2.32. The van der Waals surface area contributed by atoms with E-state index < -0.39 is 10.0 Å². The van der Waals surface area contributed by atoms with Crippen molar-refractivity contribution in [2.75, 3.05) is 19.7 Å². The minimum Gasteiger partial charge on any atom is -0.371 e. The molecule has 0 spiro atoms. The molecule has 2 aromatic rings. The minimum absolute atomic E-state index is 0.203. The van der Waals surface area contributed by atoms with E-state index in [0.29, 0.717) is 23.9 Å². The van der Waals surface area contributed by atoms with Gasteiger partial charge in [-0.1, -0.05) is 31.2 Å². The van der Waals surface area contributed by atoms with Crippen molar-refractivity contribution in [2.45, 2.75) is 30.6 Å². The van der Waals surface area contributed by atoms with Crippen molar-refractivity contribution in [1.82, 2.24) is 4.31 Å². The van der Waals surface area contributed by atoms with Gasteiger partial charge in [0.1, 0.15) is 4.21 Å². The van der Waals surface area contributed by atoms with Gasteiger partial charge in [0.15, 0.2) is 0 Å². The third-order valence-corrected chi connectivity index (χ3v) is 7.71. The van der Waals surface area contributed by atoms with E-state index in [9.17, 15) is 8.42 Å². The van der Waals surface area contributed by atoms with Crippen LogP contribution in [0.5, 0.6) is 0 Å². The highest BCUT2D eigenvalue weighted by atomic mass is 32.2. The zero-order valence-corrected chi connectivity index (χ0v) is 15.0. The lowest BCUT2D eigenvalue weighted by Gasteiger charge is -2.32. The Morgan fingerprint density at radius 2 is 2.04 bits per heavy atom. The van der Waals surface area contributed by atoms with Crippen LogP contribution in [0.1, 0.15) is 29.0 Å². The molecule has 6 heteroatoms. The van der Waals surface area contributed by atoms with Gasteiger partial charge < -0.3 is 4.74 Å². The molecule has 0 N–H and O–H groups in total. The van der Waals surface area contributed by atoms with Crippen molar-refractivity contribution < 1.29 is 13.2 Å². The fourth-order valence-corrected chi connectivity index (χ4v) is 5.67. The number of aryl methyl sites for hydroxylation is 2. The van der Waals surface area contributed by atoms with Gasteiger partial charge in [0, 0.05) is 18.0 Å². The maximum atomic E-state index is 12.9. The zero-order valence-electron chi connectivity index (χ0n) is 13.4. The van der Waals surface area contributed by atoms with Crippen LogP contribution in [-0.2, 0) is 21.2 Å². The van der Waals surface area contributed by atoms with Gasteiger partial charge in [-0.3, -0.25) is 0 Å². The first kappa shape index (κ1) is 16.6. The van der Waals surface area contributed by atoms with E-state index in [1.165, 1.54) is 11.3 Å². The summed E-state index contributed by atoms with van der Waals surface area (Å²) in [5.74, 6) is 0. The summed E-state index contributed by atoms with van der Waals surface area (Å²) in [5, 5.41) is 0. The lowest BCUT2D eigenvalue weighted by Crippen LogP contribution is -2.42. The molecule has 0 saturated carbocycles. The normalized spacial score (nSPS) is 19.8. The first-order valence-electron chi connectivity index (χ1n) is 7.78. The number of morpholine rings is 1. The third kappa shape index (κ3) is 3.35. The molecule has 1 aliphatic heterocycles. The van der Waals surface area contributed by atoms with E-state index >= 15 is 0 Å². The molecule has 3 rings (SSSR count). The minimum atomic E-state index is -3.43.